The molecule has 1 atom stereocenters. The van der Waals surface area contributed by atoms with E-state index in [1.807, 2.05) is 11.8 Å². The Kier molecular flexibility index (Phi) is 5.93. The number of carbonyl (C=O) groups excluding carboxylic acids is 1. The molecule has 0 bridgehead atoms. The average Bonchev–Trinajstić information content (AvgIpc) is 3.11. The number of thiophene rings is 1. The molecule has 3 rings (SSSR count). The van der Waals surface area contributed by atoms with E-state index in [1.165, 1.54) is 20.5 Å². The van der Waals surface area contributed by atoms with Crippen molar-refractivity contribution in [3.63, 3.8) is 0 Å². The summed E-state index contributed by atoms with van der Waals surface area (Å²) in [6.07, 6.45) is 3.68. The summed E-state index contributed by atoms with van der Waals surface area (Å²) in [5, 5.41) is 1.79. The molecule has 1 aliphatic heterocycles. The fourth-order valence-electron chi connectivity index (χ4n) is 3.54. The van der Waals surface area contributed by atoms with Crippen molar-refractivity contribution in [2.75, 3.05) is 20.3 Å². The van der Waals surface area contributed by atoms with Crippen molar-refractivity contribution in [3.05, 3.63) is 32.3 Å². The molecule has 0 aliphatic carbocycles. The van der Waals surface area contributed by atoms with E-state index < -0.39 is 5.69 Å². The maximum atomic E-state index is 12.9. The summed E-state index contributed by atoms with van der Waals surface area (Å²) >= 11 is 1.30. The van der Waals surface area contributed by atoms with Crippen LogP contribution in [-0.2, 0) is 22.6 Å². The minimum absolute atomic E-state index is 0.0268. The summed E-state index contributed by atoms with van der Waals surface area (Å²) in [4.78, 5) is 40.2. The first-order valence-electron chi connectivity index (χ1n) is 9.04. The normalized spacial score (nSPS) is 17.8. The molecule has 0 aromatic carbocycles. The van der Waals surface area contributed by atoms with Gasteiger partial charge in [-0.2, -0.15) is 0 Å². The summed E-state index contributed by atoms with van der Waals surface area (Å²) in [6.45, 7) is 3.51. The quantitative estimate of drug-likeness (QED) is 0.716. The van der Waals surface area contributed by atoms with Crippen LogP contribution >= 0.6 is 11.3 Å². The van der Waals surface area contributed by atoms with Crippen LogP contribution in [0.3, 0.4) is 0 Å². The van der Waals surface area contributed by atoms with Crippen molar-refractivity contribution in [1.29, 1.82) is 0 Å². The molecule has 1 aliphatic rings. The third kappa shape index (κ3) is 3.61. The van der Waals surface area contributed by atoms with E-state index >= 15 is 0 Å². The number of rotatable bonds is 6. The van der Waals surface area contributed by atoms with Gasteiger partial charge in [0.05, 0.1) is 5.52 Å². The van der Waals surface area contributed by atoms with Gasteiger partial charge in [-0.3, -0.25) is 18.7 Å². The SMILES string of the molecule is COCCCn1c(=O)c2sccc2n(CC(=O)N2CCCC[C@H]2C)c1=O. The topological polar surface area (TPSA) is 73.5 Å². The van der Waals surface area contributed by atoms with Crippen LogP contribution in [0.5, 0.6) is 0 Å². The molecule has 0 N–H and O–H groups in total. The van der Waals surface area contributed by atoms with Crippen LogP contribution in [-0.4, -0.2) is 46.2 Å². The third-order valence-corrected chi connectivity index (χ3v) is 5.87. The van der Waals surface area contributed by atoms with Crippen molar-refractivity contribution in [1.82, 2.24) is 14.0 Å². The van der Waals surface area contributed by atoms with Crippen LogP contribution in [0.25, 0.3) is 10.2 Å². The van der Waals surface area contributed by atoms with Crippen molar-refractivity contribution in [2.24, 2.45) is 0 Å². The zero-order valence-corrected chi connectivity index (χ0v) is 16.1. The minimum atomic E-state index is -0.421. The van der Waals surface area contributed by atoms with Crippen LogP contribution in [0.2, 0.25) is 0 Å². The molecule has 0 unspecified atom stereocenters. The predicted molar refractivity (Wildman–Crippen MR) is 102 cm³/mol. The maximum Gasteiger partial charge on any atom is 0.332 e. The number of nitrogens with zero attached hydrogens (tertiary/aromatic N) is 3. The van der Waals surface area contributed by atoms with Gasteiger partial charge in [-0.15, -0.1) is 11.3 Å². The fraction of sp³-hybridized carbons (Fsp3) is 0.611. The van der Waals surface area contributed by atoms with Crippen molar-refractivity contribution < 1.29 is 9.53 Å². The largest absolute Gasteiger partial charge is 0.385 e. The molecule has 0 saturated carbocycles. The second kappa shape index (κ2) is 8.18. The maximum absolute atomic E-state index is 12.9. The second-order valence-corrected chi connectivity index (χ2v) is 7.65. The molecular formula is C18H25N3O4S. The highest BCUT2D eigenvalue weighted by Gasteiger charge is 2.25. The first-order valence-corrected chi connectivity index (χ1v) is 9.91. The first-order chi connectivity index (χ1) is 12.5. The van der Waals surface area contributed by atoms with Crippen molar-refractivity contribution >= 4 is 27.5 Å². The Morgan fingerprint density at radius 1 is 1.31 bits per heavy atom. The summed E-state index contributed by atoms with van der Waals surface area (Å²) in [5.74, 6) is -0.0612. The van der Waals surface area contributed by atoms with Gasteiger partial charge in [0.2, 0.25) is 5.91 Å². The number of hydrogen-bond donors (Lipinski definition) is 0. The lowest BCUT2D eigenvalue weighted by Gasteiger charge is -2.33. The molecule has 0 radical (unpaired) electrons. The van der Waals surface area contributed by atoms with Gasteiger partial charge in [-0.25, -0.2) is 4.79 Å². The van der Waals surface area contributed by atoms with Crippen LogP contribution in [0.4, 0.5) is 0 Å². The highest BCUT2D eigenvalue weighted by atomic mass is 32.1. The Morgan fingerprint density at radius 2 is 2.12 bits per heavy atom. The number of aromatic nitrogens is 2. The van der Waals surface area contributed by atoms with Gasteiger partial charge in [0, 0.05) is 32.8 Å². The zero-order valence-electron chi connectivity index (χ0n) is 15.3. The second-order valence-electron chi connectivity index (χ2n) is 6.74. The monoisotopic (exact) mass is 379 g/mol. The van der Waals surface area contributed by atoms with Gasteiger partial charge < -0.3 is 9.64 Å². The Hall–Kier alpha value is -1.93. The Labute approximate surface area is 155 Å². The van der Waals surface area contributed by atoms with Crippen LogP contribution < -0.4 is 11.2 Å². The Bertz CT molecular complexity index is 898. The molecule has 142 valence electrons. The lowest BCUT2D eigenvalue weighted by molar-refractivity contribution is -0.135. The Morgan fingerprint density at radius 3 is 2.85 bits per heavy atom. The van der Waals surface area contributed by atoms with Gasteiger partial charge in [-0.1, -0.05) is 0 Å². The zero-order chi connectivity index (χ0) is 18.7. The van der Waals surface area contributed by atoms with Gasteiger partial charge in [0.1, 0.15) is 11.2 Å². The van der Waals surface area contributed by atoms with E-state index in [0.29, 0.717) is 23.2 Å². The van der Waals surface area contributed by atoms with E-state index in [9.17, 15) is 14.4 Å². The molecule has 2 aromatic rings. The van der Waals surface area contributed by atoms with Gasteiger partial charge in [-0.05, 0) is 44.1 Å². The summed E-state index contributed by atoms with van der Waals surface area (Å²) < 4.78 is 8.21. The molecule has 26 heavy (non-hydrogen) atoms. The first kappa shape index (κ1) is 18.8. The number of amides is 1. The standard InChI is InChI=1S/C18H25N3O4S/c1-13-6-3-4-8-19(13)15(22)12-21-14-7-11-26-16(14)17(23)20(18(21)24)9-5-10-25-2/h7,11,13H,3-6,8-10,12H2,1-2H3/t13-/m1/s1. The molecule has 0 spiro atoms. The number of methoxy groups -OCH3 is 1. The number of piperidine rings is 1. The number of hydrogen-bond acceptors (Lipinski definition) is 5. The van der Waals surface area contributed by atoms with E-state index in [-0.39, 0.29) is 30.6 Å². The predicted octanol–water partition coefficient (Wildman–Crippen LogP) is 1.66. The molecule has 2 aromatic heterocycles. The molecule has 1 saturated heterocycles. The van der Waals surface area contributed by atoms with Crippen molar-refractivity contribution in [3.8, 4) is 0 Å². The van der Waals surface area contributed by atoms with Crippen LogP contribution in [0.1, 0.15) is 32.6 Å². The smallest absolute Gasteiger partial charge is 0.332 e. The van der Waals surface area contributed by atoms with E-state index in [2.05, 4.69) is 0 Å². The van der Waals surface area contributed by atoms with Crippen LogP contribution in [0.15, 0.2) is 21.0 Å². The lowest BCUT2D eigenvalue weighted by Crippen LogP contribution is -2.47. The highest BCUT2D eigenvalue weighted by Crippen LogP contribution is 2.19. The average molecular weight is 379 g/mol. The third-order valence-electron chi connectivity index (χ3n) is 4.98. The molecule has 1 amide bonds. The summed E-state index contributed by atoms with van der Waals surface area (Å²) in [5.41, 5.74) is -0.160. The Balaban J connectivity index is 1.96. The highest BCUT2D eigenvalue weighted by molar-refractivity contribution is 7.17. The molecule has 3 heterocycles. The van der Waals surface area contributed by atoms with Crippen LogP contribution in [0, 0.1) is 0 Å². The fourth-order valence-corrected chi connectivity index (χ4v) is 4.39. The summed E-state index contributed by atoms with van der Waals surface area (Å²) in [6, 6.07) is 1.94. The number of fused-ring (bicyclic) bond motifs is 1. The lowest BCUT2D eigenvalue weighted by atomic mass is 10.0. The molecule has 8 heteroatoms. The van der Waals surface area contributed by atoms with Gasteiger partial charge >= 0.3 is 5.69 Å². The van der Waals surface area contributed by atoms with Gasteiger partial charge in [0.15, 0.2) is 0 Å². The van der Waals surface area contributed by atoms with Crippen molar-refractivity contribution in [2.45, 2.75) is 51.7 Å². The summed E-state index contributed by atoms with van der Waals surface area (Å²) in [7, 11) is 1.59. The van der Waals surface area contributed by atoms with E-state index in [4.69, 9.17) is 4.74 Å². The molecule has 7 nitrogen and oxygen atoms in total. The molecular weight excluding hydrogens is 354 g/mol. The number of ether oxygens (including phenoxy) is 1. The van der Waals surface area contributed by atoms with Gasteiger partial charge in [0.25, 0.3) is 5.56 Å². The van der Waals surface area contributed by atoms with E-state index in [0.717, 1.165) is 25.8 Å². The minimum Gasteiger partial charge on any atom is -0.385 e. The number of likely N-dealkylation sites (tertiary alicyclic amines) is 1. The molecule has 1 fully saturated rings. The van der Waals surface area contributed by atoms with E-state index in [1.54, 1.807) is 18.6 Å². The number of carbonyl (C=O) groups is 1.